The Morgan fingerprint density at radius 2 is 1.93 bits per heavy atom. The van der Waals surface area contributed by atoms with Gasteiger partial charge in [0.1, 0.15) is 17.7 Å². The van der Waals surface area contributed by atoms with Gasteiger partial charge in [-0.2, -0.15) is 5.10 Å². The number of aliphatic imine (C=N–C) groups is 1. The second-order valence-corrected chi connectivity index (χ2v) is 6.72. The zero-order valence-corrected chi connectivity index (χ0v) is 19.4. The average molecular weight is 523 g/mol. The molecule has 2 N–H and O–H groups in total. The average Bonchev–Trinajstić information content (AvgIpc) is 3.21. The third-order valence-corrected chi connectivity index (χ3v) is 4.27. The highest BCUT2D eigenvalue weighted by Crippen LogP contribution is 2.13. The minimum Gasteiger partial charge on any atom is -0.489 e. The molecule has 160 valence electrons. The Kier molecular flexibility index (Phi) is 9.59. The van der Waals surface area contributed by atoms with Crippen LogP contribution < -0.4 is 15.4 Å². The van der Waals surface area contributed by atoms with Crippen molar-refractivity contribution in [3.63, 3.8) is 0 Å². The van der Waals surface area contributed by atoms with Crippen molar-refractivity contribution in [3.05, 3.63) is 83.9 Å². The summed E-state index contributed by atoms with van der Waals surface area (Å²) in [5.41, 5.74) is 2.34. The monoisotopic (exact) mass is 523 g/mol. The minimum atomic E-state index is -0.310. The first-order valence-electron chi connectivity index (χ1n) is 9.54. The lowest BCUT2D eigenvalue weighted by Crippen LogP contribution is -2.41. The molecule has 2 aromatic carbocycles. The number of halogens is 2. The molecule has 1 aromatic heterocycles. The highest BCUT2D eigenvalue weighted by Gasteiger charge is 2.07. The highest BCUT2D eigenvalue weighted by molar-refractivity contribution is 14.0. The van der Waals surface area contributed by atoms with E-state index in [2.05, 4.69) is 38.9 Å². The van der Waals surface area contributed by atoms with Crippen LogP contribution in [0.4, 0.5) is 4.39 Å². The lowest BCUT2D eigenvalue weighted by Gasteiger charge is -2.18. The molecule has 0 saturated heterocycles. The summed E-state index contributed by atoms with van der Waals surface area (Å²) >= 11 is 0. The van der Waals surface area contributed by atoms with Gasteiger partial charge < -0.3 is 15.4 Å². The Morgan fingerprint density at radius 3 is 2.67 bits per heavy atom. The molecule has 1 unspecified atom stereocenters. The number of guanidine groups is 1. The minimum absolute atomic E-state index is 0. The van der Waals surface area contributed by atoms with Crippen LogP contribution in [0.5, 0.6) is 5.75 Å². The fraction of sp³-hybridized carbons (Fsp3) is 0.273. The van der Waals surface area contributed by atoms with Gasteiger partial charge in [-0.15, -0.1) is 24.0 Å². The number of aromatic nitrogens is 2. The molecule has 0 fully saturated rings. The maximum atomic E-state index is 13.3. The van der Waals surface area contributed by atoms with E-state index in [1.54, 1.807) is 25.4 Å². The van der Waals surface area contributed by atoms with E-state index in [1.807, 2.05) is 29.9 Å². The summed E-state index contributed by atoms with van der Waals surface area (Å²) in [5.74, 6) is 0.878. The normalized spacial score (nSPS) is 12.0. The van der Waals surface area contributed by atoms with Gasteiger partial charge in [-0.05, 0) is 36.2 Å². The molecule has 0 aliphatic heterocycles. The number of nitrogens with one attached hydrogen (secondary N) is 2. The van der Waals surface area contributed by atoms with Crippen molar-refractivity contribution in [1.29, 1.82) is 0 Å². The van der Waals surface area contributed by atoms with Crippen molar-refractivity contribution in [2.75, 3.05) is 13.6 Å². The van der Waals surface area contributed by atoms with Gasteiger partial charge in [0.2, 0.25) is 0 Å². The van der Waals surface area contributed by atoms with Gasteiger partial charge in [-0.1, -0.05) is 30.3 Å². The van der Waals surface area contributed by atoms with E-state index in [4.69, 9.17) is 4.74 Å². The van der Waals surface area contributed by atoms with Crippen LogP contribution in [0.25, 0.3) is 0 Å². The van der Waals surface area contributed by atoms with Crippen LogP contribution >= 0.6 is 24.0 Å². The van der Waals surface area contributed by atoms with Crippen molar-refractivity contribution < 1.29 is 9.13 Å². The molecule has 30 heavy (non-hydrogen) atoms. The SMILES string of the molecule is CN=C(NCc1cccc(Cn2cccn2)c1)NCC(C)Oc1cccc(F)c1.I. The quantitative estimate of drug-likeness (QED) is 0.268. The van der Waals surface area contributed by atoms with Gasteiger partial charge in [0, 0.05) is 32.1 Å². The number of benzene rings is 2. The molecule has 0 aliphatic carbocycles. The van der Waals surface area contributed by atoms with Crippen LogP contribution in [-0.4, -0.2) is 35.4 Å². The molecule has 0 saturated carbocycles. The molecule has 0 radical (unpaired) electrons. The molecule has 1 atom stereocenters. The van der Waals surface area contributed by atoms with Crippen molar-refractivity contribution in [2.45, 2.75) is 26.1 Å². The molecule has 6 nitrogen and oxygen atoms in total. The molecule has 3 rings (SSSR count). The molecule has 0 spiro atoms. The third-order valence-electron chi connectivity index (χ3n) is 4.27. The Morgan fingerprint density at radius 1 is 1.13 bits per heavy atom. The van der Waals surface area contributed by atoms with Crippen LogP contribution in [0.3, 0.4) is 0 Å². The second kappa shape index (κ2) is 12.2. The Labute approximate surface area is 193 Å². The number of hydrogen-bond donors (Lipinski definition) is 2. The van der Waals surface area contributed by atoms with Gasteiger partial charge in [0.25, 0.3) is 0 Å². The fourth-order valence-electron chi connectivity index (χ4n) is 2.88. The van der Waals surface area contributed by atoms with E-state index in [-0.39, 0.29) is 35.9 Å². The predicted octanol–water partition coefficient (Wildman–Crippen LogP) is 3.82. The zero-order chi connectivity index (χ0) is 20.5. The van der Waals surface area contributed by atoms with Gasteiger partial charge in [-0.3, -0.25) is 9.67 Å². The maximum absolute atomic E-state index is 13.3. The fourth-order valence-corrected chi connectivity index (χ4v) is 2.88. The first-order chi connectivity index (χ1) is 14.1. The number of nitrogens with zero attached hydrogens (tertiary/aromatic N) is 3. The summed E-state index contributed by atoms with van der Waals surface area (Å²) in [4.78, 5) is 4.24. The molecule has 3 aromatic rings. The molecule has 0 amide bonds. The Bertz CT molecular complexity index is 933. The molecule has 0 bridgehead atoms. The number of hydrogen-bond acceptors (Lipinski definition) is 3. The smallest absolute Gasteiger partial charge is 0.191 e. The maximum Gasteiger partial charge on any atom is 0.191 e. The standard InChI is InChI=1S/C22H26FN5O.HI/c1-17(29-21-9-4-8-20(23)13-21)14-25-22(24-2)26-15-18-6-3-7-19(12-18)16-28-11-5-10-27-28;/h3-13,17H,14-16H2,1-2H3,(H2,24,25,26);1H. The van der Waals surface area contributed by atoms with Crippen LogP contribution in [0.2, 0.25) is 0 Å². The van der Waals surface area contributed by atoms with Gasteiger partial charge >= 0.3 is 0 Å². The molecule has 8 heteroatoms. The molecular weight excluding hydrogens is 496 g/mol. The van der Waals surface area contributed by atoms with Crippen molar-refractivity contribution >= 4 is 29.9 Å². The van der Waals surface area contributed by atoms with E-state index < -0.39 is 0 Å². The Hall–Kier alpha value is -2.62. The summed E-state index contributed by atoms with van der Waals surface area (Å²) in [6.07, 6.45) is 3.58. The van der Waals surface area contributed by atoms with Gasteiger partial charge in [0.05, 0.1) is 13.1 Å². The van der Waals surface area contributed by atoms with Gasteiger partial charge in [-0.25, -0.2) is 4.39 Å². The Balaban J connectivity index is 0.00000320. The first kappa shape index (κ1) is 23.7. The summed E-state index contributed by atoms with van der Waals surface area (Å²) < 4.78 is 20.9. The first-order valence-corrected chi connectivity index (χ1v) is 9.54. The van der Waals surface area contributed by atoms with E-state index >= 15 is 0 Å². The predicted molar refractivity (Wildman–Crippen MR) is 128 cm³/mol. The van der Waals surface area contributed by atoms with Crippen LogP contribution in [0.15, 0.2) is 72.0 Å². The van der Waals surface area contributed by atoms with Crippen molar-refractivity contribution in [3.8, 4) is 5.75 Å². The van der Waals surface area contributed by atoms with Crippen LogP contribution in [0, 0.1) is 5.82 Å². The third kappa shape index (κ3) is 7.66. The van der Waals surface area contributed by atoms with E-state index in [1.165, 1.54) is 17.7 Å². The molecule has 1 heterocycles. The largest absolute Gasteiger partial charge is 0.489 e. The molecular formula is C22H27FIN5O. The van der Waals surface area contributed by atoms with Crippen molar-refractivity contribution in [2.24, 2.45) is 4.99 Å². The lowest BCUT2D eigenvalue weighted by atomic mass is 10.1. The lowest BCUT2D eigenvalue weighted by molar-refractivity contribution is 0.223. The second-order valence-electron chi connectivity index (χ2n) is 6.72. The van der Waals surface area contributed by atoms with E-state index in [0.29, 0.717) is 24.8 Å². The zero-order valence-electron chi connectivity index (χ0n) is 17.1. The number of ether oxygens (including phenoxy) is 1. The van der Waals surface area contributed by atoms with Crippen LogP contribution in [-0.2, 0) is 13.1 Å². The van der Waals surface area contributed by atoms with E-state index in [0.717, 1.165) is 12.1 Å². The summed E-state index contributed by atoms with van der Waals surface area (Å²) in [5, 5.41) is 10.8. The topological polar surface area (TPSA) is 63.5 Å². The summed E-state index contributed by atoms with van der Waals surface area (Å²) in [6.45, 7) is 3.84. The van der Waals surface area contributed by atoms with E-state index in [9.17, 15) is 4.39 Å². The summed E-state index contributed by atoms with van der Waals surface area (Å²) in [6, 6.07) is 16.4. The summed E-state index contributed by atoms with van der Waals surface area (Å²) in [7, 11) is 1.72. The van der Waals surface area contributed by atoms with Crippen molar-refractivity contribution in [1.82, 2.24) is 20.4 Å². The van der Waals surface area contributed by atoms with Gasteiger partial charge in [0.15, 0.2) is 5.96 Å². The van der Waals surface area contributed by atoms with Crippen LogP contribution in [0.1, 0.15) is 18.1 Å². The number of rotatable bonds is 8. The molecule has 0 aliphatic rings. The highest BCUT2D eigenvalue weighted by atomic mass is 127.